The van der Waals surface area contributed by atoms with E-state index in [4.69, 9.17) is 16.3 Å². The van der Waals surface area contributed by atoms with Crippen molar-refractivity contribution in [3.05, 3.63) is 67.7 Å². The van der Waals surface area contributed by atoms with Crippen LogP contribution in [-0.2, 0) is 9.59 Å². The molecule has 0 spiro atoms. The largest absolute Gasteiger partial charge is 0.484 e. The Morgan fingerprint density at radius 2 is 1.83 bits per heavy atom. The first-order valence-electron chi connectivity index (χ1n) is 8.54. The Kier molecular flexibility index (Phi) is 5.99. The van der Waals surface area contributed by atoms with E-state index in [-0.39, 0.29) is 29.6 Å². The molecule has 3 rings (SSSR count). The van der Waals surface area contributed by atoms with Gasteiger partial charge in [0.05, 0.1) is 23.0 Å². The fraction of sp³-hybridized carbons (Fsp3) is 0.158. The van der Waals surface area contributed by atoms with E-state index in [1.807, 2.05) is 0 Å². The molecule has 2 aromatic carbocycles. The highest BCUT2D eigenvalue weighted by Gasteiger charge is 2.12. The number of carbonyl (C=O) groups is 2. The normalized spacial score (nSPS) is 10.6. The summed E-state index contributed by atoms with van der Waals surface area (Å²) in [6.07, 6.45) is 0. The summed E-state index contributed by atoms with van der Waals surface area (Å²) in [5.74, 6) is -0.552. The average Bonchev–Trinajstić information content (AvgIpc) is 2.68. The summed E-state index contributed by atoms with van der Waals surface area (Å²) >= 11 is 5.87. The van der Waals surface area contributed by atoms with Crippen LogP contribution in [0.4, 0.5) is 5.69 Å². The van der Waals surface area contributed by atoms with Crippen molar-refractivity contribution in [2.24, 2.45) is 0 Å². The van der Waals surface area contributed by atoms with Crippen LogP contribution >= 0.6 is 11.6 Å². The molecule has 10 heteroatoms. The smallest absolute Gasteiger partial charge is 0.272 e. The number of fused-ring (bicyclic) bond motifs is 1. The number of aryl methyl sites for hydroxylation is 1. The summed E-state index contributed by atoms with van der Waals surface area (Å²) in [6.45, 7) is 1.18. The molecule has 0 unspecified atom stereocenters. The monoisotopic (exact) mass is 416 g/mol. The van der Waals surface area contributed by atoms with Gasteiger partial charge in [-0.05, 0) is 42.8 Å². The van der Waals surface area contributed by atoms with Crippen LogP contribution in [0.2, 0.25) is 5.02 Å². The van der Waals surface area contributed by atoms with Crippen LogP contribution < -0.4 is 26.5 Å². The fourth-order valence-electron chi connectivity index (χ4n) is 2.68. The second-order valence-corrected chi connectivity index (χ2v) is 6.60. The third kappa shape index (κ3) is 4.82. The summed E-state index contributed by atoms with van der Waals surface area (Å²) in [5.41, 5.74) is -0.0914. The molecule has 0 aliphatic heterocycles. The highest BCUT2D eigenvalue weighted by atomic mass is 35.5. The zero-order chi connectivity index (χ0) is 21.0. The molecule has 2 amide bonds. The molecular weight excluding hydrogens is 400 g/mol. The van der Waals surface area contributed by atoms with Gasteiger partial charge in [-0.25, -0.2) is 0 Å². The SMILES string of the molecule is Cc1cc(Cl)ccc1OCC(=O)NCC(=O)Nc1cccc2c(=O)[nH][nH]c(=O)c12. The molecule has 0 bridgehead atoms. The molecule has 150 valence electrons. The van der Waals surface area contributed by atoms with Crippen LogP contribution in [0.3, 0.4) is 0 Å². The Morgan fingerprint density at radius 1 is 1.07 bits per heavy atom. The number of aromatic amines is 2. The second kappa shape index (κ2) is 8.61. The van der Waals surface area contributed by atoms with E-state index in [0.717, 1.165) is 5.56 Å². The van der Waals surface area contributed by atoms with Gasteiger partial charge in [0.1, 0.15) is 5.75 Å². The molecule has 1 aromatic heterocycles. The Balaban J connectivity index is 1.58. The Bertz CT molecular complexity index is 1200. The van der Waals surface area contributed by atoms with E-state index in [9.17, 15) is 19.2 Å². The number of aromatic nitrogens is 2. The highest BCUT2D eigenvalue weighted by molar-refractivity contribution is 6.30. The highest BCUT2D eigenvalue weighted by Crippen LogP contribution is 2.21. The van der Waals surface area contributed by atoms with Crippen LogP contribution in [-0.4, -0.2) is 35.2 Å². The zero-order valence-corrected chi connectivity index (χ0v) is 16.1. The third-order valence-corrected chi connectivity index (χ3v) is 4.28. The van der Waals surface area contributed by atoms with Gasteiger partial charge in [0, 0.05) is 5.02 Å². The molecule has 0 aliphatic rings. The van der Waals surface area contributed by atoms with Crippen molar-refractivity contribution in [3.8, 4) is 5.75 Å². The van der Waals surface area contributed by atoms with Crippen LogP contribution in [0, 0.1) is 6.92 Å². The maximum atomic E-state index is 12.1. The van der Waals surface area contributed by atoms with E-state index < -0.39 is 22.9 Å². The van der Waals surface area contributed by atoms with Gasteiger partial charge < -0.3 is 15.4 Å². The van der Waals surface area contributed by atoms with Gasteiger partial charge in [-0.1, -0.05) is 17.7 Å². The predicted molar refractivity (Wildman–Crippen MR) is 109 cm³/mol. The molecule has 4 N–H and O–H groups in total. The molecule has 0 atom stereocenters. The minimum absolute atomic E-state index is 0.0532. The lowest BCUT2D eigenvalue weighted by molar-refractivity contribution is -0.125. The van der Waals surface area contributed by atoms with Crippen molar-refractivity contribution in [2.45, 2.75) is 6.92 Å². The molecule has 29 heavy (non-hydrogen) atoms. The van der Waals surface area contributed by atoms with Crippen LogP contribution in [0.5, 0.6) is 5.75 Å². The number of H-pyrrole nitrogens is 2. The van der Waals surface area contributed by atoms with Crippen molar-refractivity contribution < 1.29 is 14.3 Å². The molecule has 9 nitrogen and oxygen atoms in total. The van der Waals surface area contributed by atoms with E-state index in [1.165, 1.54) is 18.2 Å². The van der Waals surface area contributed by atoms with Crippen molar-refractivity contribution in [2.75, 3.05) is 18.5 Å². The predicted octanol–water partition coefficient (Wildman–Crippen LogP) is 1.31. The van der Waals surface area contributed by atoms with Gasteiger partial charge >= 0.3 is 0 Å². The lowest BCUT2D eigenvalue weighted by Gasteiger charge is -2.11. The van der Waals surface area contributed by atoms with E-state index >= 15 is 0 Å². The maximum Gasteiger partial charge on any atom is 0.272 e. The number of ether oxygens (including phenoxy) is 1. The number of hydrogen-bond donors (Lipinski definition) is 4. The summed E-state index contributed by atoms with van der Waals surface area (Å²) in [5, 5.41) is 10.1. The first kappa shape index (κ1) is 20.2. The number of amides is 2. The van der Waals surface area contributed by atoms with Crippen molar-refractivity contribution in [1.29, 1.82) is 0 Å². The molecule has 0 fully saturated rings. The van der Waals surface area contributed by atoms with E-state index in [2.05, 4.69) is 20.8 Å². The minimum atomic E-state index is -0.562. The number of nitrogens with one attached hydrogen (secondary N) is 4. The first-order chi connectivity index (χ1) is 13.8. The van der Waals surface area contributed by atoms with Gasteiger partial charge in [0.25, 0.3) is 17.0 Å². The average molecular weight is 417 g/mol. The van der Waals surface area contributed by atoms with Gasteiger partial charge in [0.15, 0.2) is 6.61 Å². The van der Waals surface area contributed by atoms with E-state index in [0.29, 0.717) is 10.8 Å². The molecular formula is C19H17ClN4O5. The van der Waals surface area contributed by atoms with Gasteiger partial charge in [-0.2, -0.15) is 0 Å². The summed E-state index contributed by atoms with van der Waals surface area (Å²) in [4.78, 5) is 47.9. The molecule has 0 radical (unpaired) electrons. The number of rotatable bonds is 6. The second-order valence-electron chi connectivity index (χ2n) is 6.16. The summed E-state index contributed by atoms with van der Waals surface area (Å²) < 4.78 is 5.40. The minimum Gasteiger partial charge on any atom is -0.484 e. The van der Waals surface area contributed by atoms with Crippen LogP contribution in [0.25, 0.3) is 10.8 Å². The molecule has 0 aliphatic carbocycles. The lowest BCUT2D eigenvalue weighted by atomic mass is 10.1. The Labute approximate surface area is 169 Å². The van der Waals surface area contributed by atoms with Gasteiger partial charge in [-0.15, -0.1) is 0 Å². The van der Waals surface area contributed by atoms with Crippen LogP contribution in [0.1, 0.15) is 5.56 Å². The zero-order valence-electron chi connectivity index (χ0n) is 15.3. The third-order valence-electron chi connectivity index (χ3n) is 4.04. The van der Waals surface area contributed by atoms with Crippen molar-refractivity contribution in [3.63, 3.8) is 0 Å². The van der Waals surface area contributed by atoms with Gasteiger partial charge in [-0.3, -0.25) is 29.4 Å². The number of benzene rings is 2. The molecule has 3 aromatic rings. The lowest BCUT2D eigenvalue weighted by Crippen LogP contribution is -2.36. The Morgan fingerprint density at radius 3 is 2.59 bits per heavy atom. The fourth-order valence-corrected chi connectivity index (χ4v) is 2.90. The van der Waals surface area contributed by atoms with E-state index in [1.54, 1.807) is 25.1 Å². The Hall–Kier alpha value is -3.59. The number of carbonyl (C=O) groups excluding carboxylic acids is 2. The van der Waals surface area contributed by atoms with Crippen molar-refractivity contribution in [1.82, 2.24) is 15.5 Å². The van der Waals surface area contributed by atoms with Gasteiger partial charge in [0.2, 0.25) is 5.91 Å². The topological polar surface area (TPSA) is 133 Å². The number of anilines is 1. The standard InChI is InChI=1S/C19H17ClN4O5/c1-10-7-11(20)5-6-14(10)29-9-16(26)21-8-15(25)22-13-4-2-3-12-17(13)19(28)24-23-18(12)27/h2-7H,8-9H2,1H3,(H,21,26)(H,22,25)(H,23,27)(H,24,28). The first-order valence-corrected chi connectivity index (χ1v) is 8.92. The van der Waals surface area contributed by atoms with Crippen molar-refractivity contribution >= 4 is 39.9 Å². The number of halogens is 1. The molecule has 1 heterocycles. The molecule has 0 saturated carbocycles. The van der Waals surface area contributed by atoms with Crippen LogP contribution in [0.15, 0.2) is 46.0 Å². The maximum absolute atomic E-state index is 12.1. The quantitative estimate of drug-likeness (QED) is 0.481. The number of hydrogen-bond acceptors (Lipinski definition) is 5. The summed E-state index contributed by atoms with van der Waals surface area (Å²) in [6, 6.07) is 9.50. The summed E-state index contributed by atoms with van der Waals surface area (Å²) in [7, 11) is 0. The molecule has 0 saturated heterocycles.